The van der Waals surface area contributed by atoms with Gasteiger partial charge < -0.3 is 20.7 Å². The topological polar surface area (TPSA) is 123 Å². The first-order valence-corrected chi connectivity index (χ1v) is 5.25. The molecule has 0 fully saturated rings. The Morgan fingerprint density at radius 2 is 1.15 bits per heavy atom. The van der Waals surface area contributed by atoms with Crippen LogP contribution in [0.5, 0.6) is 0 Å². The van der Waals surface area contributed by atoms with Gasteiger partial charge in [0.2, 0.25) is 0 Å². The van der Waals surface area contributed by atoms with Crippen molar-refractivity contribution in [1.29, 1.82) is 0 Å². The first-order valence-electron chi connectivity index (χ1n) is 4.85. The third-order valence-corrected chi connectivity index (χ3v) is 0.813. The molecule has 0 aromatic carbocycles. The van der Waals surface area contributed by atoms with Gasteiger partial charge in [-0.1, -0.05) is 26.1 Å². The second-order valence-electron chi connectivity index (χ2n) is 2.82. The van der Waals surface area contributed by atoms with Crippen molar-refractivity contribution in [3.8, 4) is 0 Å². The van der Waals surface area contributed by atoms with Crippen LogP contribution >= 0.6 is 12.2 Å². The molecule has 114 valence electrons. The van der Waals surface area contributed by atoms with Crippen LogP contribution in [0.15, 0.2) is 23.7 Å². The Balaban J connectivity index is -0.0000000548. The van der Waals surface area contributed by atoms with E-state index >= 15 is 0 Å². The van der Waals surface area contributed by atoms with Crippen LogP contribution in [0.3, 0.4) is 0 Å². The minimum Gasteiger partial charge on any atom is -0.876 e. The molecule has 0 rings (SSSR count). The van der Waals surface area contributed by atoms with Crippen LogP contribution in [0.2, 0.25) is 0 Å². The number of hydrogen-bond acceptors (Lipinski definition) is 6. The largest absolute Gasteiger partial charge is 3.00 e. The Kier molecular flexibility index (Phi) is 41.0. The van der Waals surface area contributed by atoms with E-state index in [1.54, 1.807) is 0 Å². The maximum absolute atomic E-state index is 9.98. The van der Waals surface area contributed by atoms with E-state index < -0.39 is 0 Å². The van der Waals surface area contributed by atoms with Gasteiger partial charge in [0.1, 0.15) is 0 Å². The van der Waals surface area contributed by atoms with Crippen molar-refractivity contribution in [1.82, 2.24) is 0 Å². The summed E-state index contributed by atoms with van der Waals surface area (Å²) < 4.78 is 0. The van der Waals surface area contributed by atoms with E-state index in [0.29, 0.717) is 0 Å². The first kappa shape index (κ1) is 31.2. The summed E-state index contributed by atoms with van der Waals surface area (Å²) >= 11 is 3.70. The van der Waals surface area contributed by atoms with E-state index in [0.717, 1.165) is 19.3 Å². The van der Waals surface area contributed by atoms with Crippen LogP contribution in [0.1, 0.15) is 27.7 Å². The van der Waals surface area contributed by atoms with E-state index in [1.807, 2.05) is 0 Å². The number of aliphatic hydroxyl groups is 1. The van der Waals surface area contributed by atoms with Crippen LogP contribution in [0, 0.1) is 0 Å². The van der Waals surface area contributed by atoms with Gasteiger partial charge in [-0.25, -0.2) is 0 Å². The van der Waals surface area contributed by atoms with Gasteiger partial charge >= 0.3 is 17.1 Å². The van der Waals surface area contributed by atoms with Crippen LogP contribution in [-0.2, 0) is 26.7 Å². The molecule has 0 aromatic heterocycles. The third-order valence-electron chi connectivity index (χ3n) is 0.813. The number of allylic oxidation sites excluding steroid dienone is 4. The maximum Gasteiger partial charge on any atom is 3.00 e. The summed E-state index contributed by atoms with van der Waals surface area (Å²) in [5.41, 5.74) is 0. The van der Waals surface area contributed by atoms with Gasteiger partial charge in [0, 0.05) is 7.11 Å². The average molecular weight is 343 g/mol. The van der Waals surface area contributed by atoms with E-state index in [1.165, 1.54) is 32.9 Å². The Labute approximate surface area is 135 Å². The van der Waals surface area contributed by atoms with Gasteiger partial charge in [-0.05, 0) is 26.0 Å². The molecule has 20 heavy (non-hydrogen) atoms. The SMILES string of the molecule is CC(=O)/C=C(/C)[O-].CC(=O)/C=C(/C)[O-].CO.[Mn+3].[N-]=C=S. The van der Waals surface area contributed by atoms with Gasteiger partial charge in [-0.15, -0.1) is 11.5 Å². The Bertz CT molecular complexity index is 312. The zero-order chi connectivity index (χ0) is 16.4. The fraction of sp³-hybridized carbons (Fsp3) is 0.417. The number of thiocarbonyl (C=S) groups is 1. The molecule has 0 aliphatic heterocycles. The third kappa shape index (κ3) is 91.7. The molecule has 0 aliphatic carbocycles. The molecule has 0 spiro atoms. The zero-order valence-corrected chi connectivity index (χ0v) is 14.0. The molecule has 6 nitrogen and oxygen atoms in total. The molecule has 0 bridgehead atoms. The number of isothiocyanates is 1. The van der Waals surface area contributed by atoms with Gasteiger partial charge in [0.25, 0.3) is 0 Å². The molecule has 1 N–H and O–H groups in total. The molecule has 0 aromatic rings. The number of carbonyl (C=O) groups excluding carboxylic acids is 2. The zero-order valence-electron chi connectivity index (χ0n) is 12.0. The number of ketones is 2. The molecule has 8 heteroatoms. The standard InChI is InChI=1S/2C5H8O2.CNS.CH4O.Mn/c2*1-4(6)3-5(2)7;2-1-3;1-2;/h2*3,6H,1-2H3;;2H,1H3;/q;;-1;;+3/p-2/b2*4-3-;;;. The maximum atomic E-state index is 9.98. The molecule has 0 radical (unpaired) electrons. The average Bonchev–Trinajstić information content (AvgIpc) is 2.18. The Morgan fingerprint density at radius 1 is 1.00 bits per heavy atom. The van der Waals surface area contributed by atoms with Crippen molar-refractivity contribution >= 4 is 28.9 Å². The number of hydrogen-bond donors (Lipinski definition) is 1. The summed E-state index contributed by atoms with van der Waals surface area (Å²) in [6.07, 6.45) is 2.11. The van der Waals surface area contributed by atoms with E-state index in [2.05, 4.69) is 12.2 Å². The first-order chi connectivity index (χ1) is 8.67. The molecule has 0 unspecified atom stereocenters. The van der Waals surface area contributed by atoms with E-state index in [-0.39, 0.29) is 40.2 Å². The summed E-state index contributed by atoms with van der Waals surface area (Å²) in [6, 6.07) is 0. The van der Waals surface area contributed by atoms with Gasteiger partial charge in [-0.3, -0.25) is 9.59 Å². The minimum absolute atomic E-state index is 0. The van der Waals surface area contributed by atoms with Crippen LogP contribution in [0.25, 0.3) is 5.41 Å². The molecule has 0 saturated carbocycles. The second-order valence-corrected chi connectivity index (χ2v) is 3.01. The number of carbonyl (C=O) groups is 2. The monoisotopic (exact) mass is 343 g/mol. The predicted molar refractivity (Wildman–Crippen MR) is 73.0 cm³/mol. The smallest absolute Gasteiger partial charge is 0.876 e. The number of rotatable bonds is 2. The minimum atomic E-state index is -0.187. The molecule has 0 atom stereocenters. The predicted octanol–water partition coefficient (Wildman–Crippen LogP) is -0.0564. The molecule has 0 heterocycles. The van der Waals surface area contributed by atoms with Crippen molar-refractivity contribution in [2.45, 2.75) is 27.7 Å². The van der Waals surface area contributed by atoms with Gasteiger partial charge in [-0.2, -0.15) is 5.16 Å². The fourth-order valence-electron chi connectivity index (χ4n) is 0.572. The van der Waals surface area contributed by atoms with Crippen LogP contribution in [0.4, 0.5) is 0 Å². The summed E-state index contributed by atoms with van der Waals surface area (Å²) in [4.78, 5) is 20.0. The van der Waals surface area contributed by atoms with Crippen molar-refractivity contribution in [2.75, 3.05) is 7.11 Å². The van der Waals surface area contributed by atoms with E-state index in [9.17, 15) is 19.8 Å². The Morgan fingerprint density at radius 3 is 1.15 bits per heavy atom. The number of aliphatic hydroxyl groups excluding tert-OH is 1. The van der Waals surface area contributed by atoms with Crippen molar-refractivity contribution < 1.29 is 42.0 Å². The van der Waals surface area contributed by atoms with Crippen molar-refractivity contribution in [3.05, 3.63) is 29.1 Å². The molecule has 0 saturated heterocycles. The van der Waals surface area contributed by atoms with Gasteiger partial charge in [0.05, 0.1) is 0 Å². The van der Waals surface area contributed by atoms with Gasteiger partial charge in [0.15, 0.2) is 11.6 Å². The second kappa shape index (κ2) is 26.3. The summed E-state index contributed by atoms with van der Waals surface area (Å²) in [5.74, 6) is -0.750. The summed E-state index contributed by atoms with van der Waals surface area (Å²) in [6.45, 7) is 5.39. The van der Waals surface area contributed by atoms with Crippen LogP contribution < -0.4 is 10.2 Å². The fourth-order valence-corrected chi connectivity index (χ4v) is 0.572. The summed E-state index contributed by atoms with van der Waals surface area (Å²) in [7, 11) is 1.00. The van der Waals surface area contributed by atoms with Crippen LogP contribution in [-0.4, -0.2) is 28.9 Å². The Hall–Kier alpha value is -1.30. The van der Waals surface area contributed by atoms with Crippen molar-refractivity contribution in [3.63, 3.8) is 0 Å². The molecule has 0 aliphatic rings. The molecular formula is C12H18MnNO5S. The van der Waals surface area contributed by atoms with Crippen molar-refractivity contribution in [2.24, 2.45) is 0 Å². The normalized spacial score (nSPS) is 8.70. The van der Waals surface area contributed by atoms with E-state index in [4.69, 9.17) is 10.5 Å². The number of nitrogens with zero attached hydrogens (tertiary/aromatic N) is 1. The molecule has 0 amide bonds. The quantitative estimate of drug-likeness (QED) is 0.246. The molecular weight excluding hydrogens is 325 g/mol. The summed E-state index contributed by atoms with van der Waals surface area (Å²) in [5, 5.41) is 35.4.